The van der Waals surface area contributed by atoms with Crippen molar-refractivity contribution in [2.45, 2.75) is 11.2 Å². The van der Waals surface area contributed by atoms with Gasteiger partial charge in [-0.05, 0) is 29.8 Å². The van der Waals surface area contributed by atoms with E-state index in [-0.39, 0.29) is 6.61 Å². The molecule has 1 aliphatic rings. The van der Waals surface area contributed by atoms with E-state index >= 15 is 0 Å². The van der Waals surface area contributed by atoms with Crippen LogP contribution in [0.2, 0.25) is 0 Å². The molecule has 3 aromatic rings. The summed E-state index contributed by atoms with van der Waals surface area (Å²) in [6.07, 6.45) is 0. The van der Waals surface area contributed by atoms with Crippen LogP contribution in [0.15, 0.2) is 57.7 Å². The predicted octanol–water partition coefficient (Wildman–Crippen LogP) is 4.64. The van der Waals surface area contributed by atoms with Crippen molar-refractivity contribution in [1.82, 2.24) is 0 Å². The van der Waals surface area contributed by atoms with Crippen LogP contribution in [-0.4, -0.2) is 24.6 Å². The molecule has 2 aromatic carbocycles. The minimum absolute atomic E-state index is 0.0106. The van der Waals surface area contributed by atoms with E-state index in [1.54, 1.807) is 37.4 Å². The van der Waals surface area contributed by atoms with E-state index in [1.807, 2.05) is 35.7 Å². The van der Waals surface area contributed by atoms with Crippen LogP contribution in [0.4, 0.5) is 0 Å². The Morgan fingerprint density at radius 1 is 1.11 bits per heavy atom. The molecule has 1 aliphatic heterocycles. The van der Waals surface area contributed by atoms with Crippen molar-refractivity contribution in [1.29, 1.82) is 0 Å². The third-order valence-electron chi connectivity index (χ3n) is 4.44. The van der Waals surface area contributed by atoms with Crippen molar-refractivity contribution < 1.29 is 18.7 Å². The SMILES string of the molecule is COc1ccc2c(COC(=O)c3ccc(C4SCCS4)cc3)cc(=O)oc2c1. The zero-order chi connectivity index (χ0) is 19.5. The Labute approximate surface area is 170 Å². The zero-order valence-corrected chi connectivity index (χ0v) is 16.8. The molecule has 0 aliphatic carbocycles. The summed E-state index contributed by atoms with van der Waals surface area (Å²) in [6.45, 7) is -0.0106. The summed E-state index contributed by atoms with van der Waals surface area (Å²) in [5, 5.41) is 0.707. The lowest BCUT2D eigenvalue weighted by Gasteiger charge is -2.10. The molecule has 144 valence electrons. The summed E-state index contributed by atoms with van der Waals surface area (Å²) in [4.78, 5) is 24.2. The second kappa shape index (κ2) is 8.32. The number of benzene rings is 2. The van der Waals surface area contributed by atoms with Crippen LogP contribution in [0, 0.1) is 0 Å². The maximum absolute atomic E-state index is 12.4. The van der Waals surface area contributed by atoms with E-state index in [2.05, 4.69) is 0 Å². The van der Waals surface area contributed by atoms with E-state index in [0.717, 1.165) is 11.5 Å². The number of thioether (sulfide) groups is 2. The number of carbonyl (C=O) groups excluding carboxylic acids is 1. The Hall–Kier alpha value is -2.38. The lowest BCUT2D eigenvalue weighted by molar-refractivity contribution is 0.0474. The number of carbonyl (C=O) groups is 1. The van der Waals surface area contributed by atoms with Crippen LogP contribution >= 0.6 is 23.5 Å². The molecule has 5 nitrogen and oxygen atoms in total. The van der Waals surface area contributed by atoms with Gasteiger partial charge in [-0.1, -0.05) is 12.1 Å². The highest BCUT2D eigenvalue weighted by atomic mass is 32.2. The molecule has 28 heavy (non-hydrogen) atoms. The minimum Gasteiger partial charge on any atom is -0.497 e. The first-order chi connectivity index (χ1) is 13.6. The maximum Gasteiger partial charge on any atom is 0.338 e. The van der Waals surface area contributed by atoms with Gasteiger partial charge in [-0.15, -0.1) is 23.5 Å². The van der Waals surface area contributed by atoms with Crippen LogP contribution in [0.25, 0.3) is 11.0 Å². The van der Waals surface area contributed by atoms with Gasteiger partial charge >= 0.3 is 11.6 Å². The van der Waals surface area contributed by atoms with E-state index in [0.29, 0.717) is 32.4 Å². The summed E-state index contributed by atoms with van der Waals surface area (Å²) in [7, 11) is 1.54. The van der Waals surface area contributed by atoms with E-state index in [4.69, 9.17) is 13.9 Å². The smallest absolute Gasteiger partial charge is 0.338 e. The van der Waals surface area contributed by atoms with Gasteiger partial charge in [0.1, 0.15) is 17.9 Å². The van der Waals surface area contributed by atoms with Gasteiger partial charge in [0.05, 0.1) is 17.3 Å². The van der Waals surface area contributed by atoms with Crippen LogP contribution in [0.3, 0.4) is 0 Å². The summed E-state index contributed by atoms with van der Waals surface area (Å²) >= 11 is 3.84. The van der Waals surface area contributed by atoms with Gasteiger partial charge in [0.25, 0.3) is 0 Å². The van der Waals surface area contributed by atoms with Crippen molar-refractivity contribution in [3.63, 3.8) is 0 Å². The number of fused-ring (bicyclic) bond motifs is 1. The summed E-state index contributed by atoms with van der Waals surface area (Å²) in [6, 6.07) is 14.1. The molecule has 0 unspecified atom stereocenters. The quantitative estimate of drug-likeness (QED) is 0.445. The first-order valence-corrected chi connectivity index (χ1v) is 10.8. The van der Waals surface area contributed by atoms with Gasteiger partial charge < -0.3 is 13.9 Å². The molecule has 2 heterocycles. The molecule has 0 atom stereocenters. The molecule has 1 fully saturated rings. The van der Waals surface area contributed by atoms with Gasteiger partial charge in [-0.25, -0.2) is 9.59 Å². The monoisotopic (exact) mass is 414 g/mol. The van der Waals surface area contributed by atoms with Gasteiger partial charge in [0.2, 0.25) is 0 Å². The van der Waals surface area contributed by atoms with Crippen LogP contribution in [0.1, 0.15) is 26.1 Å². The largest absolute Gasteiger partial charge is 0.497 e. The fraction of sp³-hybridized carbons (Fsp3) is 0.238. The third-order valence-corrected chi connectivity index (χ3v) is 7.54. The van der Waals surface area contributed by atoms with E-state index < -0.39 is 11.6 Å². The molecular formula is C21H18O5S2. The number of methoxy groups -OCH3 is 1. The van der Waals surface area contributed by atoms with Gasteiger partial charge in [-0.2, -0.15) is 0 Å². The highest BCUT2D eigenvalue weighted by Gasteiger charge is 2.19. The minimum atomic E-state index is -0.497. The van der Waals surface area contributed by atoms with Gasteiger partial charge in [-0.3, -0.25) is 0 Å². The first kappa shape index (κ1) is 19.0. The Kier molecular flexibility index (Phi) is 5.64. The zero-order valence-electron chi connectivity index (χ0n) is 15.2. The molecule has 1 aromatic heterocycles. The van der Waals surface area contributed by atoms with Crippen molar-refractivity contribution >= 4 is 40.5 Å². The summed E-state index contributed by atoms with van der Waals surface area (Å²) in [5.41, 5.74) is 2.20. The molecule has 0 radical (unpaired) electrons. The van der Waals surface area contributed by atoms with Crippen LogP contribution in [0.5, 0.6) is 5.75 Å². The number of hydrogen-bond donors (Lipinski definition) is 0. The Morgan fingerprint density at radius 2 is 1.86 bits per heavy atom. The molecule has 0 N–H and O–H groups in total. The highest BCUT2D eigenvalue weighted by molar-refractivity contribution is 8.19. The average molecular weight is 415 g/mol. The fourth-order valence-electron chi connectivity index (χ4n) is 3.01. The Balaban J connectivity index is 1.49. The number of hydrogen-bond acceptors (Lipinski definition) is 7. The molecule has 0 bridgehead atoms. The van der Waals surface area contributed by atoms with Crippen LogP contribution < -0.4 is 10.4 Å². The molecule has 7 heteroatoms. The molecule has 4 rings (SSSR count). The second-order valence-electron chi connectivity index (χ2n) is 6.22. The number of esters is 1. The first-order valence-electron chi connectivity index (χ1n) is 8.75. The third kappa shape index (κ3) is 4.05. The standard InChI is InChI=1S/C21H18O5S2/c1-24-16-6-7-17-15(10-19(22)26-18(17)11-16)12-25-20(23)13-2-4-14(5-3-13)21-27-8-9-28-21/h2-7,10-11,21H,8-9,12H2,1H3. The molecular weight excluding hydrogens is 396 g/mol. The maximum atomic E-state index is 12.4. The average Bonchev–Trinajstić information content (AvgIpc) is 3.26. The number of rotatable bonds is 5. The van der Waals surface area contributed by atoms with Crippen molar-refractivity contribution in [2.75, 3.05) is 18.6 Å². The van der Waals surface area contributed by atoms with Gasteiger partial charge in [0.15, 0.2) is 0 Å². The fourth-order valence-corrected chi connectivity index (χ4v) is 5.87. The topological polar surface area (TPSA) is 65.7 Å². The number of ether oxygens (including phenoxy) is 2. The molecule has 1 saturated heterocycles. The Morgan fingerprint density at radius 3 is 2.57 bits per heavy atom. The molecule has 0 amide bonds. The summed E-state index contributed by atoms with van der Waals surface area (Å²) < 4.78 is 16.3. The van der Waals surface area contributed by atoms with Crippen molar-refractivity contribution in [3.05, 3.63) is 75.6 Å². The lowest BCUT2D eigenvalue weighted by atomic mass is 10.1. The van der Waals surface area contributed by atoms with E-state index in [1.165, 1.54) is 11.6 Å². The van der Waals surface area contributed by atoms with Gasteiger partial charge in [0, 0.05) is 34.6 Å². The normalized spacial score (nSPS) is 14.3. The predicted molar refractivity (Wildman–Crippen MR) is 112 cm³/mol. The highest BCUT2D eigenvalue weighted by Crippen LogP contribution is 2.45. The van der Waals surface area contributed by atoms with Crippen molar-refractivity contribution in [2.24, 2.45) is 0 Å². The van der Waals surface area contributed by atoms with E-state index in [9.17, 15) is 9.59 Å². The Bertz CT molecular complexity index is 1050. The van der Waals surface area contributed by atoms with Crippen molar-refractivity contribution in [3.8, 4) is 5.75 Å². The molecule has 0 spiro atoms. The molecule has 0 saturated carbocycles. The summed E-state index contributed by atoms with van der Waals surface area (Å²) in [5.74, 6) is 2.48. The van der Waals surface area contributed by atoms with Crippen LogP contribution in [-0.2, 0) is 11.3 Å². The second-order valence-corrected chi connectivity index (χ2v) is 8.95. The lowest BCUT2D eigenvalue weighted by Crippen LogP contribution is -2.08.